The molecule has 0 heterocycles. The summed E-state index contributed by atoms with van der Waals surface area (Å²) in [6, 6.07) is 0.800. The van der Waals surface area contributed by atoms with Crippen molar-refractivity contribution < 1.29 is 0 Å². The Kier molecular flexibility index (Phi) is 5.11. The first-order valence-electron chi connectivity index (χ1n) is 6.83. The fourth-order valence-corrected chi connectivity index (χ4v) is 3.41. The van der Waals surface area contributed by atoms with Crippen LogP contribution in [0.4, 0.5) is 0 Å². The van der Waals surface area contributed by atoms with Crippen molar-refractivity contribution in [3.8, 4) is 0 Å². The highest BCUT2D eigenvalue weighted by molar-refractivity contribution is 4.90. The highest BCUT2D eigenvalue weighted by atomic mass is 14.9. The van der Waals surface area contributed by atoms with E-state index in [1.54, 1.807) is 0 Å². The Balaban J connectivity index is 2.34. The SMILES string of the molecule is CCCC(C)CC1(C)CCC(NCC)C1. The fourth-order valence-electron chi connectivity index (χ4n) is 3.41. The van der Waals surface area contributed by atoms with Crippen LogP contribution >= 0.6 is 0 Å². The van der Waals surface area contributed by atoms with Crippen molar-refractivity contribution in [3.05, 3.63) is 0 Å². The molecule has 1 nitrogen and oxygen atoms in total. The van der Waals surface area contributed by atoms with Crippen LogP contribution in [-0.2, 0) is 0 Å². The molecule has 0 radical (unpaired) electrons. The van der Waals surface area contributed by atoms with Crippen molar-refractivity contribution in [3.63, 3.8) is 0 Å². The summed E-state index contributed by atoms with van der Waals surface area (Å²) in [5.41, 5.74) is 0.626. The summed E-state index contributed by atoms with van der Waals surface area (Å²) < 4.78 is 0. The van der Waals surface area contributed by atoms with Gasteiger partial charge in [0, 0.05) is 6.04 Å². The van der Waals surface area contributed by atoms with E-state index in [0.717, 1.165) is 18.5 Å². The minimum Gasteiger partial charge on any atom is -0.314 e. The molecule has 3 unspecified atom stereocenters. The van der Waals surface area contributed by atoms with E-state index in [1.165, 1.54) is 38.5 Å². The Morgan fingerprint density at radius 3 is 2.73 bits per heavy atom. The third kappa shape index (κ3) is 4.14. The zero-order valence-electron chi connectivity index (χ0n) is 11.1. The van der Waals surface area contributed by atoms with Crippen LogP contribution in [0, 0.1) is 11.3 Å². The Morgan fingerprint density at radius 1 is 1.40 bits per heavy atom. The molecule has 90 valence electrons. The molecule has 1 fully saturated rings. The molecule has 0 bridgehead atoms. The maximum Gasteiger partial charge on any atom is 0.00723 e. The van der Waals surface area contributed by atoms with Crippen LogP contribution in [0.2, 0.25) is 0 Å². The van der Waals surface area contributed by atoms with Crippen molar-refractivity contribution in [1.82, 2.24) is 5.32 Å². The average molecular weight is 211 g/mol. The molecule has 1 heteroatoms. The smallest absolute Gasteiger partial charge is 0.00723 e. The Labute approximate surface area is 96.0 Å². The number of nitrogens with one attached hydrogen (secondary N) is 1. The van der Waals surface area contributed by atoms with E-state index in [4.69, 9.17) is 0 Å². The first-order chi connectivity index (χ1) is 7.09. The maximum atomic E-state index is 3.60. The lowest BCUT2D eigenvalue weighted by Crippen LogP contribution is -2.27. The quantitative estimate of drug-likeness (QED) is 0.700. The van der Waals surface area contributed by atoms with E-state index in [-0.39, 0.29) is 0 Å². The van der Waals surface area contributed by atoms with Gasteiger partial charge in [-0.1, -0.05) is 40.5 Å². The summed E-state index contributed by atoms with van der Waals surface area (Å²) in [7, 11) is 0. The van der Waals surface area contributed by atoms with E-state index < -0.39 is 0 Å². The van der Waals surface area contributed by atoms with Gasteiger partial charge in [-0.05, 0) is 43.6 Å². The molecule has 0 aromatic heterocycles. The van der Waals surface area contributed by atoms with Gasteiger partial charge in [-0.25, -0.2) is 0 Å². The summed E-state index contributed by atoms with van der Waals surface area (Å²) in [6.07, 6.45) is 8.40. The van der Waals surface area contributed by atoms with Crippen LogP contribution in [0.5, 0.6) is 0 Å². The van der Waals surface area contributed by atoms with Gasteiger partial charge in [0.1, 0.15) is 0 Å². The fraction of sp³-hybridized carbons (Fsp3) is 1.00. The van der Waals surface area contributed by atoms with Gasteiger partial charge >= 0.3 is 0 Å². The zero-order valence-corrected chi connectivity index (χ0v) is 11.1. The lowest BCUT2D eigenvalue weighted by atomic mass is 9.79. The van der Waals surface area contributed by atoms with Crippen molar-refractivity contribution in [2.24, 2.45) is 11.3 Å². The third-order valence-electron chi connectivity index (χ3n) is 3.95. The molecule has 15 heavy (non-hydrogen) atoms. The summed E-state index contributed by atoms with van der Waals surface area (Å²) in [5.74, 6) is 0.917. The lowest BCUT2D eigenvalue weighted by molar-refractivity contribution is 0.242. The Morgan fingerprint density at radius 2 is 2.13 bits per heavy atom. The molecule has 1 aliphatic rings. The predicted octanol–water partition coefficient (Wildman–Crippen LogP) is 3.98. The normalized spacial score (nSPS) is 33.2. The van der Waals surface area contributed by atoms with Crippen molar-refractivity contribution >= 4 is 0 Å². The van der Waals surface area contributed by atoms with Crippen LogP contribution in [-0.4, -0.2) is 12.6 Å². The summed E-state index contributed by atoms with van der Waals surface area (Å²) in [5, 5.41) is 3.60. The summed E-state index contributed by atoms with van der Waals surface area (Å²) in [4.78, 5) is 0. The van der Waals surface area contributed by atoms with E-state index in [2.05, 4.69) is 33.0 Å². The largest absolute Gasteiger partial charge is 0.314 e. The van der Waals surface area contributed by atoms with Gasteiger partial charge in [-0.3, -0.25) is 0 Å². The zero-order chi connectivity index (χ0) is 11.3. The van der Waals surface area contributed by atoms with Crippen LogP contribution < -0.4 is 5.32 Å². The van der Waals surface area contributed by atoms with E-state index in [0.29, 0.717) is 5.41 Å². The van der Waals surface area contributed by atoms with Crippen LogP contribution in [0.25, 0.3) is 0 Å². The van der Waals surface area contributed by atoms with Crippen LogP contribution in [0.15, 0.2) is 0 Å². The molecule has 0 saturated heterocycles. The van der Waals surface area contributed by atoms with Gasteiger partial charge in [0.25, 0.3) is 0 Å². The van der Waals surface area contributed by atoms with Gasteiger partial charge in [0.15, 0.2) is 0 Å². The molecule has 1 N–H and O–H groups in total. The molecule has 0 aliphatic heterocycles. The predicted molar refractivity (Wildman–Crippen MR) is 68.1 cm³/mol. The second-order valence-electron chi connectivity index (χ2n) is 5.91. The van der Waals surface area contributed by atoms with Crippen molar-refractivity contribution in [2.75, 3.05) is 6.54 Å². The van der Waals surface area contributed by atoms with Crippen LogP contribution in [0.3, 0.4) is 0 Å². The first-order valence-corrected chi connectivity index (χ1v) is 6.83. The number of hydrogen-bond acceptors (Lipinski definition) is 1. The molecule has 3 atom stereocenters. The molecule has 0 spiro atoms. The Bertz CT molecular complexity index is 178. The molecule has 0 aromatic rings. The van der Waals surface area contributed by atoms with Gasteiger partial charge in [0.2, 0.25) is 0 Å². The lowest BCUT2D eigenvalue weighted by Gasteiger charge is -2.28. The molecule has 0 amide bonds. The van der Waals surface area contributed by atoms with E-state index in [9.17, 15) is 0 Å². The summed E-state index contributed by atoms with van der Waals surface area (Å²) >= 11 is 0. The van der Waals surface area contributed by atoms with Gasteiger partial charge < -0.3 is 5.32 Å². The number of hydrogen-bond donors (Lipinski definition) is 1. The minimum atomic E-state index is 0.626. The monoisotopic (exact) mass is 211 g/mol. The maximum absolute atomic E-state index is 3.60. The highest BCUT2D eigenvalue weighted by Crippen LogP contribution is 2.43. The molecular weight excluding hydrogens is 182 g/mol. The highest BCUT2D eigenvalue weighted by Gasteiger charge is 2.35. The van der Waals surface area contributed by atoms with E-state index >= 15 is 0 Å². The molecule has 1 saturated carbocycles. The van der Waals surface area contributed by atoms with E-state index in [1.807, 2.05) is 0 Å². The van der Waals surface area contributed by atoms with Gasteiger partial charge in [-0.15, -0.1) is 0 Å². The molecule has 1 rings (SSSR count). The topological polar surface area (TPSA) is 12.0 Å². The first kappa shape index (κ1) is 13.0. The minimum absolute atomic E-state index is 0.626. The molecule has 0 aromatic carbocycles. The Hall–Kier alpha value is -0.0400. The standard InChI is InChI=1S/C14H29N/c1-5-7-12(3)10-14(4)9-8-13(11-14)15-6-2/h12-13,15H,5-11H2,1-4H3. The van der Waals surface area contributed by atoms with Gasteiger partial charge in [-0.2, -0.15) is 0 Å². The second kappa shape index (κ2) is 5.89. The second-order valence-corrected chi connectivity index (χ2v) is 5.91. The van der Waals surface area contributed by atoms with Crippen molar-refractivity contribution in [2.45, 2.75) is 72.3 Å². The summed E-state index contributed by atoms with van der Waals surface area (Å²) in [6.45, 7) is 10.6. The number of rotatable bonds is 6. The van der Waals surface area contributed by atoms with Crippen molar-refractivity contribution in [1.29, 1.82) is 0 Å². The third-order valence-corrected chi connectivity index (χ3v) is 3.95. The average Bonchev–Trinajstić information content (AvgIpc) is 2.48. The van der Waals surface area contributed by atoms with Gasteiger partial charge in [0.05, 0.1) is 0 Å². The van der Waals surface area contributed by atoms with Crippen LogP contribution in [0.1, 0.15) is 66.2 Å². The molecular formula is C14H29N. The molecule has 1 aliphatic carbocycles.